The Labute approximate surface area is 379 Å². The molecule has 1 aliphatic carbocycles. The minimum Gasteiger partial charge on any atom is -0.454 e. The van der Waals surface area contributed by atoms with Crippen LogP contribution in [-0.4, -0.2) is 19.5 Å². The number of aromatic nitrogens is 4. The van der Waals surface area contributed by atoms with Gasteiger partial charge in [0, 0.05) is 38.8 Å². The molecule has 0 N–H and O–H groups in total. The highest BCUT2D eigenvalue weighted by atomic mass is 16.3. The number of para-hydroxylation sites is 1. The van der Waals surface area contributed by atoms with E-state index in [0.717, 1.165) is 72.0 Å². The molecule has 3 aromatic heterocycles. The van der Waals surface area contributed by atoms with Gasteiger partial charge in [-0.1, -0.05) is 176 Å². The standard InChI is InChI=1S/C61H38N4O/c1-2-14-37(15-3-1)38-26-28-40(29-27-38)59-62-60(64-61(63-59)51-33-43-19-7-8-20-45(43)47-22-10-11-23-48(47)51)44-34-50-49-24-12-13-25-56(49)66-58(50)55(36-44)65-53-31-30-39-16-6-9-21-46(39)57(53)52-32-41-17-4-5-18-42(41)35-54(52)65/h1-33,35-36,44H,34H2. The predicted octanol–water partition coefficient (Wildman–Crippen LogP) is 15.6. The number of benzene rings is 10. The lowest BCUT2D eigenvalue weighted by Gasteiger charge is -2.23. The second-order valence-corrected chi connectivity index (χ2v) is 17.5. The van der Waals surface area contributed by atoms with Crippen molar-refractivity contribution >= 4 is 81.6 Å². The quantitative estimate of drug-likeness (QED) is 0.162. The first-order valence-corrected chi connectivity index (χ1v) is 22.6. The first-order valence-electron chi connectivity index (χ1n) is 22.6. The van der Waals surface area contributed by atoms with Gasteiger partial charge in [-0.05, 0) is 97.0 Å². The van der Waals surface area contributed by atoms with Gasteiger partial charge in [-0.15, -0.1) is 0 Å². The summed E-state index contributed by atoms with van der Waals surface area (Å²) in [4.78, 5) is 16.3. The summed E-state index contributed by atoms with van der Waals surface area (Å²) >= 11 is 0. The highest BCUT2D eigenvalue weighted by Gasteiger charge is 2.32. The molecule has 1 atom stereocenters. The molecule has 0 bridgehead atoms. The zero-order valence-corrected chi connectivity index (χ0v) is 35.7. The number of hydrogen-bond acceptors (Lipinski definition) is 4. The van der Waals surface area contributed by atoms with E-state index >= 15 is 0 Å². The van der Waals surface area contributed by atoms with Gasteiger partial charge in [-0.25, -0.2) is 15.0 Å². The third kappa shape index (κ3) is 5.70. The number of furan rings is 1. The van der Waals surface area contributed by atoms with Crippen molar-refractivity contribution < 1.29 is 4.42 Å². The zero-order valence-electron chi connectivity index (χ0n) is 35.7. The Bertz CT molecular complexity index is 4140. The van der Waals surface area contributed by atoms with E-state index in [2.05, 4.69) is 211 Å². The van der Waals surface area contributed by atoms with Crippen molar-refractivity contribution in [2.75, 3.05) is 0 Å². The van der Waals surface area contributed by atoms with Crippen LogP contribution in [0.25, 0.3) is 115 Å². The fourth-order valence-corrected chi connectivity index (χ4v) is 10.6. The molecule has 3 heterocycles. The Morgan fingerprint density at radius 2 is 1.05 bits per heavy atom. The van der Waals surface area contributed by atoms with Crippen LogP contribution in [0.5, 0.6) is 0 Å². The van der Waals surface area contributed by atoms with E-state index in [1.165, 1.54) is 43.1 Å². The van der Waals surface area contributed by atoms with Crippen LogP contribution in [0.1, 0.15) is 23.1 Å². The lowest BCUT2D eigenvalue weighted by molar-refractivity contribution is 0.578. The van der Waals surface area contributed by atoms with E-state index in [-0.39, 0.29) is 5.92 Å². The van der Waals surface area contributed by atoms with E-state index in [1.54, 1.807) is 0 Å². The van der Waals surface area contributed by atoms with Crippen LogP contribution in [0.3, 0.4) is 0 Å². The summed E-state index contributed by atoms with van der Waals surface area (Å²) in [7, 11) is 0. The van der Waals surface area contributed by atoms with E-state index in [9.17, 15) is 0 Å². The lowest BCUT2D eigenvalue weighted by atomic mass is 9.89. The SMILES string of the molecule is C1=C(n2c3cc4ccccc4cc3c3c4ccccc4ccc32)c2oc3ccccc3c2CC1c1nc(-c2ccc(-c3ccccc3)cc2)nc(-c2cc3ccccc3c3ccccc23)n1. The van der Waals surface area contributed by atoms with Crippen molar-refractivity contribution in [3.05, 3.63) is 229 Å². The number of nitrogens with zero attached hydrogens (tertiary/aromatic N) is 4. The van der Waals surface area contributed by atoms with Gasteiger partial charge in [0.25, 0.3) is 0 Å². The van der Waals surface area contributed by atoms with Gasteiger partial charge >= 0.3 is 0 Å². The van der Waals surface area contributed by atoms with Crippen molar-refractivity contribution in [2.45, 2.75) is 12.3 Å². The summed E-state index contributed by atoms with van der Waals surface area (Å²) < 4.78 is 9.39. The predicted molar refractivity (Wildman–Crippen MR) is 272 cm³/mol. The summed E-state index contributed by atoms with van der Waals surface area (Å²) in [5.74, 6) is 2.65. The molecule has 0 spiro atoms. The summed E-state index contributed by atoms with van der Waals surface area (Å²) in [6, 6.07) is 73.5. The fraction of sp³-hybridized carbons (Fsp3) is 0.0328. The number of allylic oxidation sites excluding steroid dienone is 1. The van der Waals surface area contributed by atoms with Crippen molar-refractivity contribution in [3.63, 3.8) is 0 Å². The van der Waals surface area contributed by atoms with Crippen LogP contribution in [-0.2, 0) is 6.42 Å². The minimum atomic E-state index is -0.224. The monoisotopic (exact) mass is 842 g/mol. The molecule has 0 saturated heterocycles. The first-order chi connectivity index (χ1) is 32.7. The molecule has 1 unspecified atom stereocenters. The topological polar surface area (TPSA) is 56.7 Å². The Morgan fingerprint density at radius 1 is 0.424 bits per heavy atom. The number of rotatable bonds is 5. The van der Waals surface area contributed by atoms with Gasteiger partial charge in [-0.3, -0.25) is 0 Å². The van der Waals surface area contributed by atoms with E-state index < -0.39 is 0 Å². The second kappa shape index (κ2) is 14.4. The average molecular weight is 843 g/mol. The molecule has 0 saturated carbocycles. The fourth-order valence-electron chi connectivity index (χ4n) is 10.6. The molecule has 0 aliphatic heterocycles. The van der Waals surface area contributed by atoms with Crippen LogP contribution in [0, 0.1) is 0 Å². The van der Waals surface area contributed by atoms with Crippen LogP contribution < -0.4 is 0 Å². The van der Waals surface area contributed by atoms with Gasteiger partial charge in [0.2, 0.25) is 0 Å². The maximum absolute atomic E-state index is 6.96. The Balaban J connectivity index is 1.04. The number of hydrogen-bond donors (Lipinski definition) is 0. The van der Waals surface area contributed by atoms with Crippen molar-refractivity contribution in [1.82, 2.24) is 19.5 Å². The summed E-state index contributed by atoms with van der Waals surface area (Å²) in [5.41, 5.74) is 9.45. The Kier molecular flexibility index (Phi) is 8.04. The van der Waals surface area contributed by atoms with E-state index in [0.29, 0.717) is 23.9 Å². The maximum atomic E-state index is 6.96. The maximum Gasteiger partial charge on any atom is 0.164 e. The highest BCUT2D eigenvalue weighted by molar-refractivity contribution is 6.24. The first kappa shape index (κ1) is 36.8. The molecule has 13 aromatic rings. The van der Waals surface area contributed by atoms with Crippen molar-refractivity contribution in [3.8, 4) is 33.9 Å². The summed E-state index contributed by atoms with van der Waals surface area (Å²) in [6.07, 6.45) is 3.01. The number of fused-ring (bicyclic) bond motifs is 12. The van der Waals surface area contributed by atoms with E-state index in [1.807, 2.05) is 6.07 Å². The minimum absolute atomic E-state index is 0.224. The molecular weight excluding hydrogens is 805 g/mol. The van der Waals surface area contributed by atoms with Crippen LogP contribution in [0.2, 0.25) is 0 Å². The van der Waals surface area contributed by atoms with Crippen molar-refractivity contribution in [2.24, 2.45) is 0 Å². The molecule has 14 rings (SSSR count). The largest absolute Gasteiger partial charge is 0.454 e. The molecule has 66 heavy (non-hydrogen) atoms. The molecule has 0 amide bonds. The van der Waals surface area contributed by atoms with Gasteiger partial charge in [0.05, 0.1) is 16.7 Å². The molecule has 10 aromatic carbocycles. The third-order valence-electron chi connectivity index (χ3n) is 13.7. The molecular formula is C61H38N4O. The van der Waals surface area contributed by atoms with Crippen LogP contribution in [0.15, 0.2) is 217 Å². The molecule has 5 heteroatoms. The molecule has 308 valence electrons. The van der Waals surface area contributed by atoms with Crippen LogP contribution in [0.4, 0.5) is 0 Å². The molecule has 0 radical (unpaired) electrons. The van der Waals surface area contributed by atoms with Gasteiger partial charge < -0.3 is 8.98 Å². The second-order valence-electron chi connectivity index (χ2n) is 17.5. The highest BCUT2D eigenvalue weighted by Crippen LogP contribution is 2.46. The third-order valence-corrected chi connectivity index (χ3v) is 13.7. The smallest absolute Gasteiger partial charge is 0.164 e. The van der Waals surface area contributed by atoms with Crippen LogP contribution >= 0.6 is 0 Å². The van der Waals surface area contributed by atoms with Crippen molar-refractivity contribution in [1.29, 1.82) is 0 Å². The normalized spacial score (nSPS) is 13.9. The van der Waals surface area contributed by atoms with Gasteiger partial charge in [0.1, 0.15) is 11.4 Å². The summed E-state index contributed by atoms with van der Waals surface area (Å²) in [6.45, 7) is 0. The van der Waals surface area contributed by atoms with Gasteiger partial charge in [0.15, 0.2) is 17.4 Å². The molecule has 5 nitrogen and oxygen atoms in total. The molecule has 1 aliphatic rings. The summed E-state index contributed by atoms with van der Waals surface area (Å²) in [5, 5.41) is 13.0. The van der Waals surface area contributed by atoms with Gasteiger partial charge in [-0.2, -0.15) is 0 Å². The lowest BCUT2D eigenvalue weighted by Crippen LogP contribution is -2.15. The molecule has 0 fully saturated rings. The Morgan fingerprint density at radius 3 is 1.86 bits per heavy atom. The van der Waals surface area contributed by atoms with E-state index in [4.69, 9.17) is 19.4 Å². The average Bonchev–Trinajstić information content (AvgIpc) is 3.93. The zero-order chi connectivity index (χ0) is 43.3. The Hall–Kier alpha value is -8.67.